The van der Waals surface area contributed by atoms with Crippen LogP contribution in [0.5, 0.6) is 5.75 Å². The first-order valence-corrected chi connectivity index (χ1v) is 10.4. The number of imide groups is 1. The molecule has 0 saturated carbocycles. The van der Waals surface area contributed by atoms with Gasteiger partial charge in [-0.05, 0) is 34.4 Å². The number of alkyl halides is 2. The first-order chi connectivity index (χ1) is 14.4. The van der Waals surface area contributed by atoms with Crippen LogP contribution in [0.3, 0.4) is 0 Å². The maximum atomic E-state index is 13.7. The number of carbonyl (C=O) groups is 2. The minimum Gasteiger partial charge on any atom is -0.508 e. The second-order valence-corrected chi connectivity index (χ2v) is 9.19. The minimum atomic E-state index is -1.20. The van der Waals surface area contributed by atoms with Crippen LogP contribution in [0.15, 0.2) is 72.8 Å². The van der Waals surface area contributed by atoms with Gasteiger partial charge in [-0.2, -0.15) is 0 Å². The summed E-state index contributed by atoms with van der Waals surface area (Å²) in [5.41, 5.74) is 3.37. The smallest absolute Gasteiger partial charge is 0.240 e. The van der Waals surface area contributed by atoms with E-state index in [4.69, 9.17) is 23.2 Å². The molecule has 1 N–H and O–H groups in total. The number of rotatable bonds is 1. The van der Waals surface area contributed by atoms with Gasteiger partial charge in [0.15, 0.2) is 0 Å². The number of hydrogen-bond donors (Lipinski definition) is 1. The lowest BCUT2D eigenvalue weighted by molar-refractivity contribution is -0.122. The molecule has 1 saturated heterocycles. The Bertz CT molecular complexity index is 1150. The fraction of sp³-hybridized carbons (Fsp3) is 0.167. The fourth-order valence-corrected chi connectivity index (χ4v) is 6.65. The Balaban J connectivity index is 1.67. The molecular weight excluding hydrogens is 421 g/mol. The van der Waals surface area contributed by atoms with Crippen LogP contribution in [0.2, 0.25) is 0 Å². The molecule has 6 heteroatoms. The van der Waals surface area contributed by atoms with Crippen LogP contribution in [0.25, 0.3) is 0 Å². The van der Waals surface area contributed by atoms with Gasteiger partial charge in [-0.25, -0.2) is 4.90 Å². The zero-order valence-corrected chi connectivity index (χ0v) is 17.1. The number of carbonyl (C=O) groups excluding carboxylic acids is 2. The summed E-state index contributed by atoms with van der Waals surface area (Å²) in [6, 6.07) is 21.1. The van der Waals surface area contributed by atoms with Crippen LogP contribution >= 0.6 is 23.2 Å². The highest BCUT2D eigenvalue weighted by Gasteiger charge is 2.73. The van der Waals surface area contributed by atoms with Gasteiger partial charge in [0.25, 0.3) is 0 Å². The third kappa shape index (κ3) is 1.85. The predicted molar refractivity (Wildman–Crippen MR) is 114 cm³/mol. The first-order valence-electron chi connectivity index (χ1n) is 9.64. The molecule has 0 aromatic heterocycles. The van der Waals surface area contributed by atoms with Crippen molar-refractivity contribution in [1.82, 2.24) is 0 Å². The average Bonchev–Trinajstić information content (AvgIpc) is 3.03. The van der Waals surface area contributed by atoms with Gasteiger partial charge in [0.05, 0.1) is 17.5 Å². The Kier molecular flexibility index (Phi) is 3.39. The maximum absolute atomic E-state index is 13.7. The Morgan fingerprint density at radius 1 is 0.700 bits per heavy atom. The second-order valence-electron chi connectivity index (χ2n) is 8.00. The molecule has 30 heavy (non-hydrogen) atoms. The van der Waals surface area contributed by atoms with E-state index in [1.165, 1.54) is 12.1 Å². The Morgan fingerprint density at radius 3 is 1.53 bits per heavy atom. The van der Waals surface area contributed by atoms with Gasteiger partial charge >= 0.3 is 0 Å². The molecule has 1 fully saturated rings. The van der Waals surface area contributed by atoms with E-state index in [9.17, 15) is 14.7 Å². The van der Waals surface area contributed by atoms with Crippen molar-refractivity contribution >= 4 is 40.7 Å². The highest BCUT2D eigenvalue weighted by Crippen LogP contribution is 2.69. The third-order valence-electron chi connectivity index (χ3n) is 6.67. The summed E-state index contributed by atoms with van der Waals surface area (Å²) in [6.45, 7) is 0. The quantitative estimate of drug-likeness (QED) is 0.452. The fourth-order valence-electron chi connectivity index (χ4n) is 5.55. The summed E-state index contributed by atoms with van der Waals surface area (Å²) < 4.78 is 0. The molecule has 4 aliphatic rings. The molecule has 1 aliphatic heterocycles. The van der Waals surface area contributed by atoms with Crippen molar-refractivity contribution in [1.29, 1.82) is 0 Å². The zero-order valence-electron chi connectivity index (χ0n) is 15.5. The molecule has 2 atom stereocenters. The summed E-state index contributed by atoms with van der Waals surface area (Å²) in [6.07, 6.45) is 0. The van der Waals surface area contributed by atoms with Gasteiger partial charge < -0.3 is 5.11 Å². The Morgan fingerprint density at radius 2 is 1.13 bits per heavy atom. The molecule has 3 aliphatic carbocycles. The number of benzene rings is 3. The van der Waals surface area contributed by atoms with E-state index in [0.29, 0.717) is 5.69 Å². The van der Waals surface area contributed by atoms with Crippen LogP contribution in [0.1, 0.15) is 22.3 Å². The van der Waals surface area contributed by atoms with Gasteiger partial charge in [-0.1, -0.05) is 54.6 Å². The van der Waals surface area contributed by atoms with Crippen LogP contribution < -0.4 is 4.90 Å². The summed E-state index contributed by atoms with van der Waals surface area (Å²) in [4.78, 5) is 26.1. The number of aromatic hydroxyl groups is 1. The van der Waals surface area contributed by atoms with Crippen LogP contribution in [0, 0.1) is 11.8 Å². The van der Waals surface area contributed by atoms with Crippen LogP contribution in [0.4, 0.5) is 5.69 Å². The minimum absolute atomic E-state index is 0.0290. The number of anilines is 1. The standard InChI is InChI=1S/C24H15Cl2NO3/c25-23-15-8-1-2-9-16(15)24(26,18-11-4-3-10-17(18)23)20-19(23)21(29)27(22(20)30)13-6-5-7-14(28)12-13/h1-12,19-20,28H/t19-,20-,23?,24?/m1/s1. The van der Waals surface area contributed by atoms with Crippen molar-refractivity contribution < 1.29 is 14.7 Å². The summed E-state index contributed by atoms with van der Waals surface area (Å²) >= 11 is 14.7. The van der Waals surface area contributed by atoms with Crippen molar-refractivity contribution in [3.63, 3.8) is 0 Å². The van der Waals surface area contributed by atoms with E-state index in [0.717, 1.165) is 27.2 Å². The van der Waals surface area contributed by atoms with Crippen LogP contribution in [-0.4, -0.2) is 16.9 Å². The first kappa shape index (κ1) is 18.0. The van der Waals surface area contributed by atoms with Gasteiger partial charge in [0, 0.05) is 6.07 Å². The monoisotopic (exact) mass is 435 g/mol. The highest BCUT2D eigenvalue weighted by atomic mass is 35.5. The van der Waals surface area contributed by atoms with Crippen molar-refractivity contribution in [2.24, 2.45) is 11.8 Å². The summed E-state index contributed by atoms with van der Waals surface area (Å²) in [5, 5.41) is 9.90. The van der Waals surface area contributed by atoms with E-state index in [1.54, 1.807) is 12.1 Å². The number of phenols is 1. The topological polar surface area (TPSA) is 57.6 Å². The molecule has 2 bridgehead atoms. The van der Waals surface area contributed by atoms with E-state index in [-0.39, 0.29) is 5.75 Å². The molecule has 2 amide bonds. The molecule has 4 nitrogen and oxygen atoms in total. The van der Waals surface area contributed by atoms with Crippen LogP contribution in [-0.2, 0) is 19.3 Å². The van der Waals surface area contributed by atoms with Crippen molar-refractivity contribution in [3.05, 3.63) is 95.1 Å². The molecule has 7 rings (SSSR count). The maximum Gasteiger partial charge on any atom is 0.240 e. The molecule has 0 spiro atoms. The molecule has 148 valence electrons. The average molecular weight is 436 g/mol. The molecule has 0 radical (unpaired) electrons. The summed E-state index contributed by atoms with van der Waals surface area (Å²) in [7, 11) is 0. The molecule has 3 aromatic carbocycles. The van der Waals surface area contributed by atoms with Crippen molar-refractivity contribution in [3.8, 4) is 5.75 Å². The molecular formula is C24H15Cl2NO3. The van der Waals surface area contributed by atoms with Crippen molar-refractivity contribution in [2.45, 2.75) is 9.75 Å². The lowest BCUT2D eigenvalue weighted by Crippen LogP contribution is -2.57. The molecule has 3 aromatic rings. The largest absolute Gasteiger partial charge is 0.508 e. The number of nitrogens with zero attached hydrogens (tertiary/aromatic N) is 1. The number of phenolic OH excluding ortho intramolecular Hbond substituents is 1. The molecule has 0 unspecified atom stereocenters. The highest BCUT2D eigenvalue weighted by molar-refractivity contribution is 6.38. The lowest BCUT2D eigenvalue weighted by Gasteiger charge is -2.54. The van der Waals surface area contributed by atoms with Gasteiger partial charge in [-0.15, -0.1) is 23.2 Å². The summed E-state index contributed by atoms with van der Waals surface area (Å²) in [5.74, 6) is -2.54. The van der Waals surface area contributed by atoms with Crippen molar-refractivity contribution in [2.75, 3.05) is 4.90 Å². The second kappa shape index (κ2) is 5.65. The Labute approximate surface area is 182 Å². The Hall–Kier alpha value is -2.82. The predicted octanol–water partition coefficient (Wildman–Crippen LogP) is 4.49. The van der Waals surface area contributed by atoms with E-state index in [2.05, 4.69) is 0 Å². The SMILES string of the molecule is O=C1[C@H]2[C@H](C(=O)N1c1cccc(O)c1)C1(Cl)c3ccccc3C2(Cl)c2ccccc21. The van der Waals surface area contributed by atoms with E-state index < -0.39 is 33.4 Å². The van der Waals surface area contributed by atoms with Gasteiger partial charge in [0.2, 0.25) is 11.8 Å². The lowest BCUT2D eigenvalue weighted by atomic mass is 9.54. The van der Waals surface area contributed by atoms with Gasteiger partial charge in [0.1, 0.15) is 15.5 Å². The third-order valence-corrected chi connectivity index (χ3v) is 7.96. The normalized spacial score (nSPS) is 30.8. The van der Waals surface area contributed by atoms with E-state index >= 15 is 0 Å². The molecule has 1 heterocycles. The number of hydrogen-bond acceptors (Lipinski definition) is 3. The number of halogens is 2. The van der Waals surface area contributed by atoms with Gasteiger partial charge in [-0.3, -0.25) is 9.59 Å². The van der Waals surface area contributed by atoms with E-state index in [1.807, 2.05) is 48.5 Å². The zero-order chi connectivity index (χ0) is 20.8. The number of amides is 2.